The molecule has 1 aromatic rings. The molecule has 2 heterocycles. The van der Waals surface area contributed by atoms with Gasteiger partial charge in [0.15, 0.2) is 6.23 Å². The zero-order chi connectivity index (χ0) is 19.3. The third-order valence-electron chi connectivity index (χ3n) is 3.65. The second kappa shape index (κ2) is 8.66. The predicted molar refractivity (Wildman–Crippen MR) is 86.4 cm³/mol. The molecule has 1 aliphatic rings. The van der Waals surface area contributed by atoms with E-state index in [1.807, 2.05) is 0 Å². The summed E-state index contributed by atoms with van der Waals surface area (Å²) >= 11 is 0. The fraction of sp³-hybridized carbons (Fsp3) is 0.571. The summed E-state index contributed by atoms with van der Waals surface area (Å²) in [6.45, 7) is -0.0553. The van der Waals surface area contributed by atoms with Crippen LogP contribution < -0.4 is 11.2 Å². The van der Waals surface area contributed by atoms with Gasteiger partial charge in [0, 0.05) is 10.8 Å². The Hall–Kier alpha value is -1.90. The van der Waals surface area contributed by atoms with Gasteiger partial charge in [0.2, 0.25) is 0 Å². The van der Waals surface area contributed by atoms with Gasteiger partial charge in [0.25, 0.3) is 5.56 Å². The number of hydrogen-bond acceptors (Lipinski definition) is 8. The van der Waals surface area contributed by atoms with E-state index in [1.54, 1.807) is 6.92 Å². The molecule has 1 saturated heterocycles. The maximum atomic E-state index is 12.2. The van der Waals surface area contributed by atoms with Gasteiger partial charge in [-0.3, -0.25) is 14.3 Å². The number of aromatic amines is 1. The van der Waals surface area contributed by atoms with Crippen molar-refractivity contribution in [1.29, 1.82) is 0 Å². The SMILES string of the molecule is CC1OCC(CO)(CO[P+](=O)O)OC1n1cc(C#CCO)c(=O)[nH]c1=O. The van der Waals surface area contributed by atoms with E-state index in [9.17, 15) is 19.3 Å². The van der Waals surface area contributed by atoms with Crippen LogP contribution in [0.15, 0.2) is 15.8 Å². The van der Waals surface area contributed by atoms with Crippen LogP contribution in [-0.2, 0) is 18.6 Å². The van der Waals surface area contributed by atoms with Crippen molar-refractivity contribution in [2.75, 3.05) is 26.4 Å². The largest absolute Gasteiger partial charge is 0.694 e. The quantitative estimate of drug-likeness (QED) is 0.337. The number of aliphatic hydroxyl groups excluding tert-OH is 2. The number of nitrogens with one attached hydrogen (secondary N) is 1. The van der Waals surface area contributed by atoms with Crippen LogP contribution in [0.25, 0.3) is 0 Å². The van der Waals surface area contributed by atoms with Gasteiger partial charge in [0.05, 0.1) is 13.2 Å². The molecule has 0 radical (unpaired) electrons. The molecule has 0 spiro atoms. The molecule has 0 aromatic carbocycles. The monoisotopic (exact) mass is 389 g/mol. The van der Waals surface area contributed by atoms with Gasteiger partial charge in [0.1, 0.15) is 30.5 Å². The lowest BCUT2D eigenvalue weighted by Crippen LogP contribution is -2.55. The fourth-order valence-corrected chi connectivity index (χ4v) is 2.66. The lowest BCUT2D eigenvalue weighted by atomic mass is 10.1. The molecule has 12 heteroatoms. The van der Waals surface area contributed by atoms with Crippen molar-refractivity contribution in [2.45, 2.75) is 24.9 Å². The molecule has 1 aromatic heterocycles. The molecule has 0 saturated carbocycles. The van der Waals surface area contributed by atoms with E-state index in [4.69, 9.17) is 19.5 Å². The van der Waals surface area contributed by atoms with Crippen molar-refractivity contribution in [1.82, 2.24) is 9.55 Å². The molecular formula is C14H18N2O9P+. The Labute approximate surface area is 148 Å². The third-order valence-corrected chi connectivity index (χ3v) is 4.00. The van der Waals surface area contributed by atoms with Crippen LogP contribution in [0.3, 0.4) is 0 Å². The molecular weight excluding hydrogens is 371 g/mol. The minimum Gasteiger partial charge on any atom is -0.393 e. The van der Waals surface area contributed by atoms with Gasteiger partial charge in [-0.05, 0) is 6.92 Å². The van der Waals surface area contributed by atoms with E-state index in [0.717, 1.165) is 10.8 Å². The minimum absolute atomic E-state index is 0.0793. The average Bonchev–Trinajstić information content (AvgIpc) is 2.61. The molecule has 0 aliphatic carbocycles. The Morgan fingerprint density at radius 1 is 1.50 bits per heavy atom. The zero-order valence-corrected chi connectivity index (χ0v) is 14.6. The second-order valence-electron chi connectivity index (χ2n) is 5.55. The summed E-state index contributed by atoms with van der Waals surface area (Å²) < 4.78 is 27.7. The normalized spacial score (nSPS) is 26.1. The first-order valence-corrected chi connectivity index (χ1v) is 8.59. The second-order valence-corrected chi connectivity index (χ2v) is 6.28. The Morgan fingerprint density at radius 3 is 2.85 bits per heavy atom. The lowest BCUT2D eigenvalue weighted by molar-refractivity contribution is -0.271. The highest BCUT2D eigenvalue weighted by Gasteiger charge is 2.44. The molecule has 142 valence electrons. The highest BCUT2D eigenvalue weighted by Crippen LogP contribution is 2.31. The lowest BCUT2D eigenvalue weighted by Gasteiger charge is -2.41. The maximum Gasteiger partial charge on any atom is 0.694 e. The smallest absolute Gasteiger partial charge is 0.393 e. The standard InChI is InChI=1S/C14H17N2O9P/c1-9-12(25-14(6-18,7-23-9)8-24-26(21)22)16-5-10(3-2-4-17)11(19)15-13(16)20/h5,9,12,17-18H,4,6-8H2,1H3,(H-,15,19,20,21,22)/p+1. The van der Waals surface area contributed by atoms with Crippen molar-refractivity contribution < 1.29 is 33.7 Å². The molecule has 0 bridgehead atoms. The topological polar surface area (TPSA) is 160 Å². The maximum absolute atomic E-state index is 12.2. The zero-order valence-electron chi connectivity index (χ0n) is 13.7. The Kier molecular flexibility index (Phi) is 6.80. The molecule has 2 rings (SSSR count). The van der Waals surface area contributed by atoms with Gasteiger partial charge in [-0.2, -0.15) is 0 Å². The van der Waals surface area contributed by atoms with Crippen LogP contribution in [0.4, 0.5) is 0 Å². The first-order valence-electron chi connectivity index (χ1n) is 7.46. The highest BCUT2D eigenvalue weighted by molar-refractivity contribution is 7.32. The predicted octanol–water partition coefficient (Wildman–Crippen LogP) is -1.79. The number of aromatic nitrogens is 2. The number of hydrogen-bond donors (Lipinski definition) is 4. The van der Waals surface area contributed by atoms with Crippen LogP contribution in [0.1, 0.15) is 18.7 Å². The summed E-state index contributed by atoms with van der Waals surface area (Å²) in [6, 6.07) is 0. The first kappa shape index (κ1) is 20.4. The molecule has 1 fully saturated rings. The van der Waals surface area contributed by atoms with Gasteiger partial charge >= 0.3 is 13.9 Å². The van der Waals surface area contributed by atoms with Crippen molar-refractivity contribution >= 4 is 8.25 Å². The molecule has 4 N–H and O–H groups in total. The Bertz CT molecular complexity index is 839. The minimum atomic E-state index is -2.92. The van der Waals surface area contributed by atoms with Gasteiger partial charge in [-0.1, -0.05) is 11.8 Å². The van der Waals surface area contributed by atoms with Crippen LogP contribution >= 0.6 is 8.25 Å². The van der Waals surface area contributed by atoms with E-state index >= 15 is 0 Å². The summed E-state index contributed by atoms with van der Waals surface area (Å²) in [5.74, 6) is 4.72. The Balaban J connectivity index is 2.40. The fourth-order valence-electron chi connectivity index (χ4n) is 2.31. The molecule has 11 nitrogen and oxygen atoms in total. The van der Waals surface area contributed by atoms with Gasteiger partial charge in [-0.25, -0.2) is 4.79 Å². The van der Waals surface area contributed by atoms with E-state index in [-0.39, 0.29) is 12.2 Å². The van der Waals surface area contributed by atoms with E-state index < -0.39 is 57.3 Å². The molecule has 4 unspecified atom stereocenters. The van der Waals surface area contributed by atoms with Crippen molar-refractivity contribution in [3.05, 3.63) is 32.6 Å². The number of H-pyrrole nitrogens is 1. The number of aliphatic hydroxyl groups is 2. The number of rotatable bonds is 5. The molecule has 4 atom stereocenters. The van der Waals surface area contributed by atoms with Crippen LogP contribution in [0.5, 0.6) is 0 Å². The first-order chi connectivity index (χ1) is 12.3. The third kappa shape index (κ3) is 4.63. The van der Waals surface area contributed by atoms with Gasteiger partial charge in [-0.15, -0.1) is 9.42 Å². The summed E-state index contributed by atoms with van der Waals surface area (Å²) in [5.41, 5.74) is -3.08. The van der Waals surface area contributed by atoms with Crippen molar-refractivity contribution in [3.63, 3.8) is 0 Å². The summed E-state index contributed by atoms with van der Waals surface area (Å²) in [4.78, 5) is 34.8. The average molecular weight is 389 g/mol. The van der Waals surface area contributed by atoms with Gasteiger partial charge < -0.3 is 19.7 Å². The van der Waals surface area contributed by atoms with E-state index in [0.29, 0.717) is 0 Å². The van der Waals surface area contributed by atoms with E-state index in [2.05, 4.69) is 21.3 Å². The summed E-state index contributed by atoms with van der Waals surface area (Å²) in [6.07, 6.45) is -0.579. The van der Waals surface area contributed by atoms with E-state index in [1.165, 1.54) is 0 Å². The Morgan fingerprint density at radius 2 is 2.23 bits per heavy atom. The molecule has 26 heavy (non-hydrogen) atoms. The van der Waals surface area contributed by atoms with Crippen LogP contribution in [0.2, 0.25) is 0 Å². The van der Waals surface area contributed by atoms with Crippen LogP contribution in [0, 0.1) is 11.8 Å². The van der Waals surface area contributed by atoms with Crippen molar-refractivity contribution in [2.24, 2.45) is 0 Å². The molecule has 0 amide bonds. The molecule has 1 aliphatic heterocycles. The number of ether oxygens (including phenoxy) is 2. The van der Waals surface area contributed by atoms with Crippen LogP contribution in [-0.4, -0.2) is 62.8 Å². The van der Waals surface area contributed by atoms with Crippen molar-refractivity contribution in [3.8, 4) is 11.8 Å². The summed E-state index contributed by atoms with van der Waals surface area (Å²) in [7, 11) is -2.92. The highest BCUT2D eigenvalue weighted by atomic mass is 31.1. The summed E-state index contributed by atoms with van der Waals surface area (Å²) in [5, 5.41) is 18.4. The number of nitrogens with zero attached hydrogens (tertiary/aromatic N) is 1.